The van der Waals surface area contributed by atoms with E-state index in [4.69, 9.17) is 18.9 Å². The van der Waals surface area contributed by atoms with Crippen molar-refractivity contribution in [1.82, 2.24) is 0 Å². The number of benzene rings is 1. The molecular formula is C13H20O5P+. The van der Waals surface area contributed by atoms with Gasteiger partial charge in [-0.05, 0) is 30.5 Å². The molecule has 0 saturated heterocycles. The lowest BCUT2D eigenvalue weighted by Crippen LogP contribution is -2.25. The quantitative estimate of drug-likeness (QED) is 0.779. The van der Waals surface area contributed by atoms with E-state index in [0.717, 1.165) is 5.56 Å². The standard InChI is InChI=1S/C13H19O5P/c1-5-13(6-2,18-19(14)15)10-7-11(16-3)9-12(8-10)17-4/h7-9H,5-6H2,1-4H3/p+1. The van der Waals surface area contributed by atoms with Gasteiger partial charge in [0.25, 0.3) is 0 Å². The van der Waals surface area contributed by atoms with Gasteiger partial charge in [-0.3, -0.25) is 0 Å². The highest BCUT2D eigenvalue weighted by molar-refractivity contribution is 7.32. The molecule has 19 heavy (non-hydrogen) atoms. The third kappa shape index (κ3) is 3.66. The van der Waals surface area contributed by atoms with E-state index < -0.39 is 13.9 Å². The average Bonchev–Trinajstić information content (AvgIpc) is 2.43. The molecule has 6 heteroatoms. The Morgan fingerprint density at radius 2 is 1.58 bits per heavy atom. The molecule has 0 heterocycles. The lowest BCUT2D eigenvalue weighted by Gasteiger charge is -2.26. The lowest BCUT2D eigenvalue weighted by molar-refractivity contribution is 0.0531. The highest BCUT2D eigenvalue weighted by Crippen LogP contribution is 2.42. The van der Waals surface area contributed by atoms with Crippen LogP contribution in [0.25, 0.3) is 0 Å². The Morgan fingerprint density at radius 3 is 1.89 bits per heavy atom. The van der Waals surface area contributed by atoms with E-state index in [1.807, 2.05) is 13.8 Å². The van der Waals surface area contributed by atoms with Crippen LogP contribution in [-0.2, 0) is 14.7 Å². The first-order valence-corrected chi connectivity index (χ1v) is 7.23. The van der Waals surface area contributed by atoms with Gasteiger partial charge >= 0.3 is 8.25 Å². The number of ether oxygens (including phenoxy) is 2. The normalized spacial score (nSPS) is 12.2. The molecule has 1 unspecified atom stereocenters. The maximum Gasteiger partial charge on any atom is 0.695 e. The second-order valence-electron chi connectivity index (χ2n) is 4.13. The highest BCUT2D eigenvalue weighted by atomic mass is 31.1. The lowest BCUT2D eigenvalue weighted by atomic mass is 9.88. The zero-order valence-electron chi connectivity index (χ0n) is 11.7. The van der Waals surface area contributed by atoms with Crippen LogP contribution in [0.5, 0.6) is 11.5 Å². The van der Waals surface area contributed by atoms with Crippen LogP contribution in [-0.4, -0.2) is 19.1 Å². The van der Waals surface area contributed by atoms with Gasteiger partial charge in [0.15, 0.2) is 5.60 Å². The van der Waals surface area contributed by atoms with Gasteiger partial charge in [-0.2, -0.15) is 0 Å². The van der Waals surface area contributed by atoms with Crippen molar-refractivity contribution in [3.05, 3.63) is 23.8 Å². The first kappa shape index (κ1) is 15.9. The van der Waals surface area contributed by atoms with Crippen molar-refractivity contribution in [3.8, 4) is 11.5 Å². The Kier molecular flexibility index (Phi) is 5.73. The zero-order valence-corrected chi connectivity index (χ0v) is 12.6. The van der Waals surface area contributed by atoms with E-state index in [2.05, 4.69) is 0 Å². The number of hydrogen-bond acceptors (Lipinski definition) is 4. The molecule has 106 valence electrons. The van der Waals surface area contributed by atoms with E-state index in [1.165, 1.54) is 0 Å². The molecule has 1 N–H and O–H groups in total. The zero-order chi connectivity index (χ0) is 14.5. The molecule has 1 aromatic rings. The molecule has 1 aromatic carbocycles. The second kappa shape index (κ2) is 6.85. The van der Waals surface area contributed by atoms with Crippen LogP contribution in [0, 0.1) is 0 Å². The van der Waals surface area contributed by atoms with Gasteiger partial charge < -0.3 is 9.47 Å². The number of rotatable bonds is 7. The molecule has 0 aliphatic heterocycles. The van der Waals surface area contributed by atoms with Crippen molar-refractivity contribution < 1.29 is 23.5 Å². The van der Waals surface area contributed by atoms with Crippen molar-refractivity contribution in [2.45, 2.75) is 32.3 Å². The van der Waals surface area contributed by atoms with E-state index in [0.29, 0.717) is 24.3 Å². The van der Waals surface area contributed by atoms with Gasteiger partial charge in [0.05, 0.1) is 14.2 Å². The molecule has 0 aromatic heterocycles. The first-order chi connectivity index (χ1) is 9.01. The monoisotopic (exact) mass is 287 g/mol. The summed E-state index contributed by atoms with van der Waals surface area (Å²) >= 11 is 0. The van der Waals surface area contributed by atoms with Gasteiger partial charge in [0, 0.05) is 10.6 Å². The van der Waals surface area contributed by atoms with Crippen molar-refractivity contribution in [1.29, 1.82) is 0 Å². The minimum Gasteiger partial charge on any atom is -0.497 e. The fourth-order valence-electron chi connectivity index (χ4n) is 2.06. The molecule has 1 rings (SSSR count). The molecule has 0 radical (unpaired) electrons. The summed E-state index contributed by atoms with van der Waals surface area (Å²) < 4.78 is 26.8. The summed E-state index contributed by atoms with van der Waals surface area (Å²) in [5.74, 6) is 1.25. The fraction of sp³-hybridized carbons (Fsp3) is 0.538. The Hall–Kier alpha value is -1.16. The Bertz CT molecular complexity index is 420. The topological polar surface area (TPSA) is 65.0 Å². The molecular weight excluding hydrogens is 267 g/mol. The predicted molar refractivity (Wildman–Crippen MR) is 72.7 cm³/mol. The molecule has 5 nitrogen and oxygen atoms in total. The summed E-state index contributed by atoms with van der Waals surface area (Å²) in [4.78, 5) is 9.09. The van der Waals surface area contributed by atoms with Gasteiger partial charge in [0.2, 0.25) is 0 Å². The van der Waals surface area contributed by atoms with Gasteiger partial charge in [0.1, 0.15) is 11.5 Å². The van der Waals surface area contributed by atoms with E-state index in [-0.39, 0.29) is 0 Å². The third-order valence-electron chi connectivity index (χ3n) is 3.27. The molecule has 0 aliphatic rings. The van der Waals surface area contributed by atoms with Crippen LogP contribution in [0.15, 0.2) is 18.2 Å². The summed E-state index contributed by atoms with van der Waals surface area (Å²) in [5.41, 5.74) is -0.0459. The molecule has 0 amide bonds. The predicted octanol–water partition coefficient (Wildman–Crippen LogP) is 3.39. The maximum atomic E-state index is 11.1. The van der Waals surface area contributed by atoms with Crippen LogP contribution in [0.1, 0.15) is 32.3 Å². The van der Waals surface area contributed by atoms with Crippen LogP contribution < -0.4 is 9.47 Å². The van der Waals surface area contributed by atoms with E-state index >= 15 is 0 Å². The molecule has 1 atom stereocenters. The first-order valence-electron chi connectivity index (χ1n) is 6.10. The van der Waals surface area contributed by atoms with Crippen molar-refractivity contribution in [2.24, 2.45) is 0 Å². The van der Waals surface area contributed by atoms with Gasteiger partial charge in [-0.1, -0.05) is 13.8 Å². The third-order valence-corrected chi connectivity index (χ3v) is 3.78. The summed E-state index contributed by atoms with van der Waals surface area (Å²) in [5, 5.41) is 0. The summed E-state index contributed by atoms with van der Waals surface area (Å²) in [6.07, 6.45) is 1.14. The molecule has 0 bridgehead atoms. The summed E-state index contributed by atoms with van der Waals surface area (Å²) in [6.45, 7) is 3.82. The van der Waals surface area contributed by atoms with E-state index in [9.17, 15) is 4.57 Å². The van der Waals surface area contributed by atoms with Crippen LogP contribution >= 0.6 is 8.25 Å². The Balaban J connectivity index is 3.32. The van der Waals surface area contributed by atoms with Crippen LogP contribution in [0.4, 0.5) is 0 Å². The van der Waals surface area contributed by atoms with Gasteiger partial charge in [-0.15, -0.1) is 9.42 Å². The summed E-state index contributed by atoms with van der Waals surface area (Å²) in [7, 11) is 0.439. The minimum atomic E-state index is -2.68. The van der Waals surface area contributed by atoms with Crippen molar-refractivity contribution >= 4 is 8.25 Å². The Morgan fingerprint density at radius 1 is 1.11 bits per heavy atom. The largest absolute Gasteiger partial charge is 0.695 e. The minimum absolute atomic E-state index is 0.571. The molecule has 0 aliphatic carbocycles. The number of hydrogen-bond donors (Lipinski definition) is 1. The smallest absolute Gasteiger partial charge is 0.497 e. The highest BCUT2D eigenvalue weighted by Gasteiger charge is 2.39. The fourth-order valence-corrected chi connectivity index (χ4v) is 2.72. The van der Waals surface area contributed by atoms with Crippen molar-refractivity contribution in [2.75, 3.05) is 14.2 Å². The van der Waals surface area contributed by atoms with E-state index in [1.54, 1.807) is 32.4 Å². The average molecular weight is 287 g/mol. The van der Waals surface area contributed by atoms with Crippen molar-refractivity contribution in [3.63, 3.8) is 0 Å². The molecule has 0 spiro atoms. The van der Waals surface area contributed by atoms with Gasteiger partial charge in [-0.25, -0.2) is 0 Å². The molecule has 0 fully saturated rings. The number of methoxy groups -OCH3 is 2. The molecule has 0 saturated carbocycles. The SMILES string of the molecule is CCC(CC)(O[P+](=O)O)c1cc(OC)cc(OC)c1. The van der Waals surface area contributed by atoms with Crippen LogP contribution in [0.3, 0.4) is 0 Å². The second-order valence-corrected chi connectivity index (χ2v) is 4.79. The maximum absolute atomic E-state index is 11.1. The summed E-state index contributed by atoms with van der Waals surface area (Å²) in [6, 6.07) is 5.35. The Labute approximate surface area is 114 Å². The van der Waals surface area contributed by atoms with Crippen LogP contribution in [0.2, 0.25) is 0 Å².